The van der Waals surface area contributed by atoms with E-state index in [9.17, 15) is 5.11 Å². The summed E-state index contributed by atoms with van der Waals surface area (Å²) in [5.74, 6) is 0.463. The Hall–Kier alpha value is -0.860. The van der Waals surface area contributed by atoms with E-state index in [1.807, 2.05) is 0 Å². The number of fused-ring (bicyclic) bond motifs is 1. The summed E-state index contributed by atoms with van der Waals surface area (Å²) in [6, 6.07) is 9.35. The lowest BCUT2D eigenvalue weighted by Gasteiger charge is -2.27. The maximum Gasteiger partial charge on any atom is 0.0587 e. The van der Waals surface area contributed by atoms with Gasteiger partial charge in [-0.2, -0.15) is 0 Å². The van der Waals surface area contributed by atoms with Gasteiger partial charge < -0.3 is 10.4 Å². The number of hydrogen-bond acceptors (Lipinski definition) is 2. The van der Waals surface area contributed by atoms with E-state index in [2.05, 4.69) is 43.4 Å². The zero-order valence-corrected chi connectivity index (χ0v) is 11.5. The molecular formula is C16H25NO. The molecule has 1 aromatic rings. The van der Waals surface area contributed by atoms with E-state index in [1.54, 1.807) is 0 Å². The molecule has 1 aromatic carbocycles. The third-order valence-electron chi connectivity index (χ3n) is 4.04. The highest BCUT2D eigenvalue weighted by atomic mass is 16.3. The topological polar surface area (TPSA) is 32.3 Å². The van der Waals surface area contributed by atoms with Crippen LogP contribution in [0.1, 0.15) is 50.3 Å². The maximum absolute atomic E-state index is 9.48. The first kappa shape index (κ1) is 13.6. The lowest BCUT2D eigenvalue weighted by atomic mass is 9.96. The van der Waals surface area contributed by atoms with Crippen LogP contribution in [-0.2, 0) is 6.42 Å². The minimum Gasteiger partial charge on any atom is -0.395 e. The van der Waals surface area contributed by atoms with Gasteiger partial charge in [0.1, 0.15) is 0 Å². The Morgan fingerprint density at radius 3 is 2.78 bits per heavy atom. The predicted molar refractivity (Wildman–Crippen MR) is 75.6 cm³/mol. The van der Waals surface area contributed by atoms with Crippen molar-refractivity contribution in [3.63, 3.8) is 0 Å². The smallest absolute Gasteiger partial charge is 0.0587 e. The Balaban J connectivity index is 2.17. The SMILES string of the molecule is CC(C)C(CO)NC1CCCCc2ccccc21. The average molecular weight is 247 g/mol. The van der Waals surface area contributed by atoms with Crippen LogP contribution < -0.4 is 5.32 Å². The molecule has 0 aromatic heterocycles. The molecular weight excluding hydrogens is 222 g/mol. The second kappa shape index (κ2) is 6.35. The number of aliphatic hydroxyl groups excluding tert-OH is 1. The van der Waals surface area contributed by atoms with Crippen LogP contribution in [-0.4, -0.2) is 17.8 Å². The van der Waals surface area contributed by atoms with E-state index in [1.165, 1.54) is 36.8 Å². The first-order chi connectivity index (χ1) is 8.72. The van der Waals surface area contributed by atoms with Gasteiger partial charge in [0.05, 0.1) is 6.61 Å². The minimum absolute atomic E-state index is 0.196. The van der Waals surface area contributed by atoms with Gasteiger partial charge in [-0.05, 0) is 36.3 Å². The highest BCUT2D eigenvalue weighted by Gasteiger charge is 2.22. The van der Waals surface area contributed by atoms with Crippen LogP contribution in [0.15, 0.2) is 24.3 Å². The molecule has 0 heterocycles. The Kier molecular flexibility index (Phi) is 4.79. The maximum atomic E-state index is 9.48. The Morgan fingerprint density at radius 2 is 2.06 bits per heavy atom. The second-order valence-corrected chi connectivity index (χ2v) is 5.70. The van der Waals surface area contributed by atoms with Crippen LogP contribution in [0.3, 0.4) is 0 Å². The summed E-state index contributed by atoms with van der Waals surface area (Å²) in [7, 11) is 0. The zero-order valence-electron chi connectivity index (χ0n) is 11.5. The Morgan fingerprint density at radius 1 is 1.28 bits per heavy atom. The van der Waals surface area contributed by atoms with Crippen molar-refractivity contribution >= 4 is 0 Å². The quantitative estimate of drug-likeness (QED) is 0.801. The molecule has 1 aliphatic rings. The molecule has 0 spiro atoms. The molecule has 0 aliphatic heterocycles. The molecule has 0 radical (unpaired) electrons. The highest BCUT2D eigenvalue weighted by Crippen LogP contribution is 2.29. The minimum atomic E-state index is 0.196. The van der Waals surface area contributed by atoms with Crippen molar-refractivity contribution in [2.45, 2.75) is 51.6 Å². The molecule has 0 fully saturated rings. The number of aryl methyl sites for hydroxylation is 1. The lowest BCUT2D eigenvalue weighted by Crippen LogP contribution is -2.39. The predicted octanol–water partition coefficient (Wildman–Crippen LogP) is 3.06. The average Bonchev–Trinajstić information content (AvgIpc) is 2.58. The summed E-state index contributed by atoms with van der Waals surface area (Å²) >= 11 is 0. The van der Waals surface area contributed by atoms with Crippen molar-refractivity contribution < 1.29 is 5.11 Å². The fourth-order valence-corrected chi connectivity index (χ4v) is 2.81. The summed E-state index contributed by atoms with van der Waals surface area (Å²) in [4.78, 5) is 0. The molecule has 2 heteroatoms. The molecule has 0 amide bonds. The number of nitrogens with one attached hydrogen (secondary N) is 1. The van der Waals surface area contributed by atoms with Gasteiger partial charge in [0, 0.05) is 12.1 Å². The van der Waals surface area contributed by atoms with Crippen molar-refractivity contribution in [1.82, 2.24) is 5.32 Å². The first-order valence-electron chi connectivity index (χ1n) is 7.17. The van der Waals surface area contributed by atoms with E-state index < -0.39 is 0 Å². The molecule has 2 N–H and O–H groups in total. The molecule has 2 nitrogen and oxygen atoms in total. The fraction of sp³-hybridized carbons (Fsp3) is 0.625. The van der Waals surface area contributed by atoms with Crippen LogP contribution in [0.5, 0.6) is 0 Å². The first-order valence-corrected chi connectivity index (χ1v) is 7.17. The van der Waals surface area contributed by atoms with Crippen molar-refractivity contribution in [3.05, 3.63) is 35.4 Å². The van der Waals surface area contributed by atoms with Crippen LogP contribution >= 0.6 is 0 Å². The fourth-order valence-electron chi connectivity index (χ4n) is 2.81. The number of hydrogen-bond donors (Lipinski definition) is 2. The molecule has 2 unspecified atom stereocenters. The van der Waals surface area contributed by atoms with Gasteiger partial charge in [-0.1, -0.05) is 44.5 Å². The van der Waals surface area contributed by atoms with E-state index in [4.69, 9.17) is 0 Å². The molecule has 0 bridgehead atoms. The Bertz CT molecular complexity index is 375. The van der Waals surface area contributed by atoms with Crippen molar-refractivity contribution in [3.8, 4) is 0 Å². The van der Waals surface area contributed by atoms with Gasteiger partial charge in [0.2, 0.25) is 0 Å². The second-order valence-electron chi connectivity index (χ2n) is 5.70. The molecule has 2 atom stereocenters. The van der Waals surface area contributed by atoms with Crippen molar-refractivity contribution in [2.75, 3.05) is 6.61 Å². The standard InChI is InChI=1S/C16H25NO/c1-12(2)16(11-18)17-15-10-6-4-8-13-7-3-5-9-14(13)15/h3,5,7,9,12,15-18H,4,6,8,10-11H2,1-2H3. The van der Waals surface area contributed by atoms with Gasteiger partial charge in [0.15, 0.2) is 0 Å². The number of benzene rings is 1. The molecule has 18 heavy (non-hydrogen) atoms. The molecule has 0 saturated carbocycles. The van der Waals surface area contributed by atoms with E-state index in [0.29, 0.717) is 12.0 Å². The molecule has 1 aliphatic carbocycles. The number of rotatable bonds is 4. The lowest BCUT2D eigenvalue weighted by molar-refractivity contribution is 0.196. The van der Waals surface area contributed by atoms with Crippen LogP contribution in [0.25, 0.3) is 0 Å². The van der Waals surface area contributed by atoms with Gasteiger partial charge in [-0.25, -0.2) is 0 Å². The Labute approximate surface area is 110 Å². The normalized spacial score (nSPS) is 21.4. The summed E-state index contributed by atoms with van der Waals surface area (Å²) < 4.78 is 0. The number of aliphatic hydroxyl groups is 1. The van der Waals surface area contributed by atoms with Crippen LogP contribution in [0.2, 0.25) is 0 Å². The summed E-state index contributed by atoms with van der Waals surface area (Å²) in [5, 5.41) is 13.1. The van der Waals surface area contributed by atoms with E-state index >= 15 is 0 Å². The van der Waals surface area contributed by atoms with Gasteiger partial charge in [-0.15, -0.1) is 0 Å². The third kappa shape index (κ3) is 3.12. The third-order valence-corrected chi connectivity index (χ3v) is 4.04. The molecule has 2 rings (SSSR count). The molecule has 0 saturated heterocycles. The van der Waals surface area contributed by atoms with Gasteiger partial charge >= 0.3 is 0 Å². The summed E-state index contributed by atoms with van der Waals surface area (Å²) in [6.07, 6.45) is 4.92. The van der Waals surface area contributed by atoms with Gasteiger partial charge in [-0.3, -0.25) is 0 Å². The van der Waals surface area contributed by atoms with E-state index in [0.717, 1.165) is 0 Å². The zero-order chi connectivity index (χ0) is 13.0. The highest BCUT2D eigenvalue weighted by molar-refractivity contribution is 5.31. The van der Waals surface area contributed by atoms with E-state index in [-0.39, 0.29) is 12.6 Å². The van der Waals surface area contributed by atoms with Crippen molar-refractivity contribution in [2.24, 2.45) is 5.92 Å². The molecule has 100 valence electrons. The summed E-state index contributed by atoms with van der Waals surface area (Å²) in [5.41, 5.74) is 2.92. The summed E-state index contributed by atoms with van der Waals surface area (Å²) in [6.45, 7) is 4.54. The monoisotopic (exact) mass is 247 g/mol. The largest absolute Gasteiger partial charge is 0.395 e. The van der Waals surface area contributed by atoms with Gasteiger partial charge in [0.25, 0.3) is 0 Å². The van der Waals surface area contributed by atoms with Crippen LogP contribution in [0.4, 0.5) is 0 Å². The van der Waals surface area contributed by atoms with Crippen molar-refractivity contribution in [1.29, 1.82) is 0 Å². The van der Waals surface area contributed by atoms with Crippen LogP contribution in [0, 0.1) is 5.92 Å².